The summed E-state index contributed by atoms with van der Waals surface area (Å²) in [5.74, 6) is 0. The molecule has 0 atom stereocenters. The summed E-state index contributed by atoms with van der Waals surface area (Å²) in [6.07, 6.45) is 1.17. The number of aromatic nitrogens is 2. The molecule has 2 rings (SSSR count). The lowest BCUT2D eigenvalue weighted by atomic mass is 9.79. The molecule has 0 radical (unpaired) electrons. The second kappa shape index (κ2) is 5.10. The molecule has 0 bridgehead atoms. The highest BCUT2D eigenvalue weighted by atomic mass is 16.7. The van der Waals surface area contributed by atoms with Gasteiger partial charge in [0.15, 0.2) is 0 Å². The minimum Gasteiger partial charge on any atom is -0.465 e. The van der Waals surface area contributed by atoms with E-state index in [1.807, 2.05) is 27.7 Å². The van der Waals surface area contributed by atoms with Crippen molar-refractivity contribution in [3.05, 3.63) is 11.9 Å². The minimum absolute atomic E-state index is 0.298. The maximum Gasteiger partial charge on any atom is 0.498 e. The molecular weight excluding hydrogens is 261 g/mol. The van der Waals surface area contributed by atoms with Gasteiger partial charge in [0.2, 0.25) is 0 Å². The summed E-state index contributed by atoms with van der Waals surface area (Å²) in [6, 6.07) is 0. The molecule has 1 saturated heterocycles. The van der Waals surface area contributed by atoms with Crippen molar-refractivity contribution in [3.63, 3.8) is 0 Å². The van der Waals surface area contributed by atoms with Crippen LogP contribution in [0.25, 0.3) is 0 Å². The Hall–Kier alpha value is -1.54. The van der Waals surface area contributed by atoms with Crippen LogP contribution in [-0.4, -0.2) is 46.3 Å². The SMILES string of the molecule is CC1(C)OB(c2c[nH]nc2CCNC(=O)O)OC1(C)C. The molecule has 1 aliphatic rings. The molecule has 0 spiro atoms. The van der Waals surface area contributed by atoms with E-state index in [1.54, 1.807) is 6.20 Å². The van der Waals surface area contributed by atoms with Crippen LogP contribution in [0.1, 0.15) is 33.4 Å². The van der Waals surface area contributed by atoms with Gasteiger partial charge in [0.1, 0.15) is 0 Å². The molecule has 0 unspecified atom stereocenters. The number of aromatic amines is 1. The van der Waals surface area contributed by atoms with E-state index in [1.165, 1.54) is 0 Å². The molecule has 3 N–H and O–H groups in total. The normalized spacial score (nSPS) is 20.1. The van der Waals surface area contributed by atoms with Gasteiger partial charge in [-0.15, -0.1) is 0 Å². The second-order valence-electron chi connectivity index (χ2n) is 5.86. The van der Waals surface area contributed by atoms with E-state index < -0.39 is 24.4 Å². The van der Waals surface area contributed by atoms with Crippen molar-refractivity contribution in [2.45, 2.75) is 45.3 Å². The fourth-order valence-corrected chi connectivity index (χ4v) is 1.99. The molecule has 7 nitrogen and oxygen atoms in total. The van der Waals surface area contributed by atoms with Crippen LogP contribution in [0.4, 0.5) is 4.79 Å². The number of carboxylic acid groups (broad SMARTS) is 1. The standard InChI is InChI=1S/C12H20BN3O4/c1-11(2)12(3,4)20-13(19-11)8-7-15-16-9(8)5-6-14-10(17)18/h7,14H,5-6H2,1-4H3,(H,15,16)(H,17,18). The van der Waals surface area contributed by atoms with Crippen LogP contribution in [0.2, 0.25) is 0 Å². The fourth-order valence-electron chi connectivity index (χ4n) is 1.99. The predicted octanol–water partition coefficient (Wildman–Crippen LogP) is 0.519. The first-order valence-electron chi connectivity index (χ1n) is 6.58. The van der Waals surface area contributed by atoms with Gasteiger partial charge in [-0.25, -0.2) is 4.79 Å². The zero-order valence-corrected chi connectivity index (χ0v) is 12.2. The Kier molecular flexibility index (Phi) is 3.79. The summed E-state index contributed by atoms with van der Waals surface area (Å²) in [6.45, 7) is 8.24. The number of carbonyl (C=O) groups is 1. The molecule has 1 fully saturated rings. The highest BCUT2D eigenvalue weighted by Gasteiger charge is 2.52. The molecule has 20 heavy (non-hydrogen) atoms. The second-order valence-corrected chi connectivity index (χ2v) is 5.86. The fraction of sp³-hybridized carbons (Fsp3) is 0.667. The average molecular weight is 281 g/mol. The third-order valence-electron chi connectivity index (χ3n) is 3.90. The molecule has 0 aromatic carbocycles. The third-order valence-corrected chi connectivity index (χ3v) is 3.90. The van der Waals surface area contributed by atoms with Crippen molar-refractivity contribution in [2.24, 2.45) is 0 Å². The molecule has 0 aliphatic carbocycles. The minimum atomic E-state index is -1.04. The third kappa shape index (κ3) is 2.81. The first-order chi connectivity index (χ1) is 9.23. The van der Waals surface area contributed by atoms with Gasteiger partial charge in [-0.1, -0.05) is 0 Å². The Morgan fingerprint density at radius 1 is 1.40 bits per heavy atom. The van der Waals surface area contributed by atoms with Crippen LogP contribution in [0.3, 0.4) is 0 Å². The molecule has 1 aliphatic heterocycles. The molecule has 8 heteroatoms. The Labute approximate surface area is 118 Å². The lowest BCUT2D eigenvalue weighted by Gasteiger charge is -2.32. The first kappa shape index (κ1) is 14.9. The van der Waals surface area contributed by atoms with Gasteiger partial charge in [0.05, 0.1) is 16.9 Å². The van der Waals surface area contributed by atoms with Crippen molar-refractivity contribution in [3.8, 4) is 0 Å². The van der Waals surface area contributed by atoms with Crippen LogP contribution in [0.5, 0.6) is 0 Å². The van der Waals surface area contributed by atoms with E-state index in [0.717, 1.165) is 11.2 Å². The molecule has 1 aromatic rings. The number of nitrogens with zero attached hydrogens (tertiary/aromatic N) is 1. The topological polar surface area (TPSA) is 96.5 Å². The van der Waals surface area contributed by atoms with E-state index in [9.17, 15) is 4.79 Å². The number of amides is 1. The average Bonchev–Trinajstić information content (AvgIpc) is 2.82. The van der Waals surface area contributed by atoms with Crippen LogP contribution < -0.4 is 10.8 Å². The predicted molar refractivity (Wildman–Crippen MR) is 74.0 cm³/mol. The van der Waals surface area contributed by atoms with Crippen molar-refractivity contribution < 1.29 is 19.2 Å². The molecular formula is C12H20BN3O4. The van der Waals surface area contributed by atoms with Crippen LogP contribution in [-0.2, 0) is 15.7 Å². The molecule has 0 saturated carbocycles. The summed E-state index contributed by atoms with van der Waals surface area (Å²) in [4.78, 5) is 10.5. The van der Waals surface area contributed by atoms with Gasteiger partial charge in [0, 0.05) is 24.6 Å². The van der Waals surface area contributed by atoms with Gasteiger partial charge in [-0.3, -0.25) is 5.10 Å². The van der Waals surface area contributed by atoms with Gasteiger partial charge in [-0.2, -0.15) is 5.10 Å². The first-order valence-corrected chi connectivity index (χ1v) is 6.58. The number of rotatable bonds is 4. The zero-order chi connectivity index (χ0) is 15.0. The number of nitrogens with one attached hydrogen (secondary N) is 2. The highest BCUT2D eigenvalue weighted by molar-refractivity contribution is 6.62. The molecule has 1 amide bonds. The summed E-state index contributed by atoms with van der Waals surface area (Å²) >= 11 is 0. The quantitative estimate of drug-likeness (QED) is 0.699. The summed E-state index contributed by atoms with van der Waals surface area (Å²) in [7, 11) is -0.487. The number of hydrogen-bond donors (Lipinski definition) is 3. The van der Waals surface area contributed by atoms with Crippen molar-refractivity contribution in [1.82, 2.24) is 15.5 Å². The van der Waals surface area contributed by atoms with Gasteiger partial charge >= 0.3 is 13.2 Å². The van der Waals surface area contributed by atoms with Gasteiger partial charge < -0.3 is 19.7 Å². The smallest absolute Gasteiger partial charge is 0.465 e. The van der Waals surface area contributed by atoms with Crippen molar-refractivity contribution in [2.75, 3.05) is 6.54 Å². The lowest BCUT2D eigenvalue weighted by molar-refractivity contribution is 0.00578. The van der Waals surface area contributed by atoms with E-state index in [4.69, 9.17) is 14.4 Å². The van der Waals surface area contributed by atoms with Crippen LogP contribution in [0, 0.1) is 0 Å². The van der Waals surface area contributed by atoms with Gasteiger partial charge in [-0.05, 0) is 27.7 Å². The zero-order valence-electron chi connectivity index (χ0n) is 12.2. The number of hydrogen-bond acceptors (Lipinski definition) is 4. The maximum atomic E-state index is 10.5. The largest absolute Gasteiger partial charge is 0.498 e. The van der Waals surface area contributed by atoms with E-state index >= 15 is 0 Å². The van der Waals surface area contributed by atoms with Crippen molar-refractivity contribution in [1.29, 1.82) is 0 Å². The van der Waals surface area contributed by atoms with Crippen LogP contribution in [0.15, 0.2) is 6.20 Å². The Morgan fingerprint density at radius 2 is 2.00 bits per heavy atom. The van der Waals surface area contributed by atoms with Gasteiger partial charge in [0.25, 0.3) is 0 Å². The molecule has 2 heterocycles. The highest BCUT2D eigenvalue weighted by Crippen LogP contribution is 2.36. The summed E-state index contributed by atoms with van der Waals surface area (Å²) in [5, 5.41) is 17.8. The van der Waals surface area contributed by atoms with Crippen LogP contribution >= 0.6 is 0 Å². The number of H-pyrrole nitrogens is 1. The van der Waals surface area contributed by atoms with E-state index in [-0.39, 0.29) is 0 Å². The molecule has 1 aromatic heterocycles. The Bertz CT molecular complexity index is 485. The summed E-state index contributed by atoms with van der Waals surface area (Å²) < 4.78 is 11.9. The Morgan fingerprint density at radius 3 is 2.55 bits per heavy atom. The monoisotopic (exact) mass is 281 g/mol. The molecule has 110 valence electrons. The van der Waals surface area contributed by atoms with Crippen molar-refractivity contribution >= 4 is 18.7 Å². The lowest BCUT2D eigenvalue weighted by Crippen LogP contribution is -2.41. The summed E-state index contributed by atoms with van der Waals surface area (Å²) in [5.41, 5.74) is 0.741. The van der Waals surface area contributed by atoms with E-state index in [0.29, 0.717) is 13.0 Å². The Balaban J connectivity index is 2.08. The maximum absolute atomic E-state index is 10.5. The van der Waals surface area contributed by atoms with E-state index in [2.05, 4.69) is 15.5 Å².